The average Bonchev–Trinajstić information content (AvgIpc) is 2.38. The van der Waals surface area contributed by atoms with Crippen LogP contribution in [0.2, 0.25) is 0 Å². The molecule has 0 unspecified atom stereocenters. The fourth-order valence-electron chi connectivity index (χ4n) is 2.48. The Kier molecular flexibility index (Phi) is 2.21. The lowest BCUT2D eigenvalue weighted by Crippen LogP contribution is -2.13. The topological polar surface area (TPSA) is 21.3 Å². The van der Waals surface area contributed by atoms with Crippen LogP contribution in [0.3, 0.4) is 0 Å². The number of hydrogen-bond acceptors (Lipinski definition) is 2. The summed E-state index contributed by atoms with van der Waals surface area (Å²) in [5.74, 6) is 1.01. The molecule has 3 rings (SSSR count). The van der Waals surface area contributed by atoms with E-state index >= 15 is 0 Å². The first kappa shape index (κ1) is 9.52. The van der Waals surface area contributed by atoms with Crippen molar-refractivity contribution in [2.75, 3.05) is 19.0 Å². The minimum absolute atomic E-state index is 1.01. The number of ether oxygens (including phenoxy) is 1. The van der Waals surface area contributed by atoms with E-state index in [0.717, 1.165) is 18.7 Å². The van der Waals surface area contributed by atoms with E-state index in [9.17, 15) is 0 Å². The minimum Gasteiger partial charge on any atom is -0.496 e. The van der Waals surface area contributed by atoms with E-state index in [1.165, 1.54) is 28.4 Å². The molecule has 1 aliphatic heterocycles. The Morgan fingerprint density at radius 1 is 1.25 bits per heavy atom. The Balaban J connectivity index is 2.35. The summed E-state index contributed by atoms with van der Waals surface area (Å²) in [5, 5.41) is 6.05. The zero-order chi connectivity index (χ0) is 11.0. The first-order chi connectivity index (χ1) is 7.90. The van der Waals surface area contributed by atoms with Crippen LogP contribution in [0.4, 0.5) is 5.69 Å². The second kappa shape index (κ2) is 3.71. The Labute approximate surface area is 95.2 Å². The first-order valence-corrected chi connectivity index (χ1v) is 5.72. The van der Waals surface area contributed by atoms with Gasteiger partial charge in [-0.15, -0.1) is 0 Å². The van der Waals surface area contributed by atoms with Crippen LogP contribution in [0.25, 0.3) is 10.8 Å². The van der Waals surface area contributed by atoms with Crippen molar-refractivity contribution in [1.82, 2.24) is 0 Å². The summed E-state index contributed by atoms with van der Waals surface area (Å²) in [7, 11) is 1.75. The van der Waals surface area contributed by atoms with Crippen molar-refractivity contribution in [3.05, 3.63) is 35.9 Å². The van der Waals surface area contributed by atoms with Crippen LogP contribution in [0, 0.1) is 0 Å². The third-order valence-electron chi connectivity index (χ3n) is 3.24. The zero-order valence-electron chi connectivity index (χ0n) is 9.42. The van der Waals surface area contributed by atoms with Crippen LogP contribution in [0.5, 0.6) is 5.75 Å². The van der Waals surface area contributed by atoms with Gasteiger partial charge >= 0.3 is 0 Å². The first-order valence-electron chi connectivity index (χ1n) is 5.72. The quantitative estimate of drug-likeness (QED) is 0.785. The van der Waals surface area contributed by atoms with Crippen molar-refractivity contribution in [2.24, 2.45) is 0 Å². The maximum absolute atomic E-state index is 5.48. The monoisotopic (exact) mass is 213 g/mol. The number of nitrogens with one attached hydrogen (secondary N) is 1. The van der Waals surface area contributed by atoms with Crippen molar-refractivity contribution in [1.29, 1.82) is 0 Å². The van der Waals surface area contributed by atoms with E-state index in [-0.39, 0.29) is 0 Å². The van der Waals surface area contributed by atoms with Crippen molar-refractivity contribution < 1.29 is 4.74 Å². The Hall–Kier alpha value is -1.70. The van der Waals surface area contributed by atoms with E-state index in [0.29, 0.717) is 0 Å². The predicted molar refractivity (Wildman–Crippen MR) is 67.3 cm³/mol. The SMILES string of the molecule is COc1cc2ccccc2c2c1CCCN2. The number of hydrogen-bond donors (Lipinski definition) is 1. The van der Waals surface area contributed by atoms with E-state index in [1.54, 1.807) is 7.11 Å². The molecule has 0 aliphatic carbocycles. The molecule has 0 saturated carbocycles. The summed E-state index contributed by atoms with van der Waals surface area (Å²) in [4.78, 5) is 0. The molecule has 0 aromatic heterocycles. The van der Waals surface area contributed by atoms with Gasteiger partial charge in [0.2, 0.25) is 0 Å². The summed E-state index contributed by atoms with van der Waals surface area (Å²) < 4.78 is 5.48. The molecule has 0 fully saturated rings. The summed E-state index contributed by atoms with van der Waals surface area (Å²) >= 11 is 0. The van der Waals surface area contributed by atoms with Crippen molar-refractivity contribution >= 4 is 16.5 Å². The molecule has 2 nitrogen and oxygen atoms in total. The van der Waals surface area contributed by atoms with Crippen molar-refractivity contribution in [3.8, 4) is 5.75 Å². The van der Waals surface area contributed by atoms with Crippen LogP contribution in [-0.4, -0.2) is 13.7 Å². The summed E-state index contributed by atoms with van der Waals surface area (Å²) in [6.45, 7) is 1.06. The number of benzene rings is 2. The summed E-state index contributed by atoms with van der Waals surface area (Å²) in [6, 6.07) is 10.6. The summed E-state index contributed by atoms with van der Waals surface area (Å²) in [6.07, 6.45) is 2.29. The molecule has 2 aromatic carbocycles. The lowest BCUT2D eigenvalue weighted by Gasteiger charge is -2.22. The molecule has 0 spiro atoms. The highest BCUT2D eigenvalue weighted by molar-refractivity contribution is 5.97. The molecule has 1 heterocycles. The molecule has 2 aromatic rings. The maximum Gasteiger partial charge on any atom is 0.124 e. The van der Waals surface area contributed by atoms with E-state index < -0.39 is 0 Å². The van der Waals surface area contributed by atoms with Crippen LogP contribution in [0.1, 0.15) is 12.0 Å². The lowest BCUT2D eigenvalue weighted by molar-refractivity contribution is 0.409. The Morgan fingerprint density at radius 3 is 3.00 bits per heavy atom. The second-order valence-electron chi connectivity index (χ2n) is 4.18. The van der Waals surface area contributed by atoms with Gasteiger partial charge < -0.3 is 10.1 Å². The van der Waals surface area contributed by atoms with E-state index in [1.807, 2.05) is 0 Å². The largest absolute Gasteiger partial charge is 0.496 e. The Bertz CT molecular complexity index is 533. The van der Waals surface area contributed by atoms with Gasteiger partial charge in [-0.2, -0.15) is 0 Å². The van der Waals surface area contributed by atoms with E-state index in [2.05, 4.69) is 35.6 Å². The molecule has 0 saturated heterocycles. The van der Waals surface area contributed by atoms with Gasteiger partial charge in [-0.3, -0.25) is 0 Å². The van der Waals surface area contributed by atoms with Gasteiger partial charge in [0, 0.05) is 23.2 Å². The third-order valence-corrected chi connectivity index (χ3v) is 3.24. The van der Waals surface area contributed by atoms with Crippen LogP contribution >= 0.6 is 0 Å². The second-order valence-corrected chi connectivity index (χ2v) is 4.18. The normalized spacial score (nSPS) is 14.3. The summed E-state index contributed by atoms with van der Waals surface area (Å²) in [5.41, 5.74) is 2.59. The van der Waals surface area contributed by atoms with Gasteiger partial charge in [0.1, 0.15) is 5.75 Å². The number of methoxy groups -OCH3 is 1. The highest BCUT2D eigenvalue weighted by atomic mass is 16.5. The van der Waals surface area contributed by atoms with Crippen molar-refractivity contribution in [2.45, 2.75) is 12.8 Å². The molecule has 0 radical (unpaired) electrons. The van der Waals surface area contributed by atoms with Crippen LogP contribution < -0.4 is 10.1 Å². The molecule has 0 amide bonds. The smallest absolute Gasteiger partial charge is 0.124 e. The average molecular weight is 213 g/mol. The Morgan fingerprint density at radius 2 is 2.12 bits per heavy atom. The molecular formula is C14H15NO. The molecule has 82 valence electrons. The van der Waals surface area contributed by atoms with Gasteiger partial charge in [0.25, 0.3) is 0 Å². The highest BCUT2D eigenvalue weighted by Gasteiger charge is 2.16. The lowest BCUT2D eigenvalue weighted by atomic mass is 9.97. The molecule has 1 N–H and O–H groups in total. The fraction of sp³-hybridized carbons (Fsp3) is 0.286. The molecule has 0 bridgehead atoms. The number of rotatable bonds is 1. The fourth-order valence-corrected chi connectivity index (χ4v) is 2.48. The van der Waals surface area contributed by atoms with Gasteiger partial charge in [-0.05, 0) is 24.3 Å². The van der Waals surface area contributed by atoms with Gasteiger partial charge in [0.15, 0.2) is 0 Å². The van der Waals surface area contributed by atoms with Crippen LogP contribution in [0.15, 0.2) is 30.3 Å². The molecule has 0 atom stereocenters. The molecule has 1 aliphatic rings. The van der Waals surface area contributed by atoms with Gasteiger partial charge in [0.05, 0.1) is 7.11 Å². The predicted octanol–water partition coefficient (Wildman–Crippen LogP) is 3.21. The minimum atomic E-state index is 1.01. The maximum atomic E-state index is 5.48. The van der Waals surface area contributed by atoms with Crippen LogP contribution in [-0.2, 0) is 6.42 Å². The number of anilines is 1. The zero-order valence-corrected chi connectivity index (χ0v) is 9.42. The third kappa shape index (κ3) is 1.33. The highest BCUT2D eigenvalue weighted by Crippen LogP contribution is 2.37. The molecule has 2 heteroatoms. The number of fused-ring (bicyclic) bond motifs is 3. The van der Waals surface area contributed by atoms with Crippen molar-refractivity contribution in [3.63, 3.8) is 0 Å². The van der Waals surface area contributed by atoms with Gasteiger partial charge in [-0.25, -0.2) is 0 Å². The standard InChI is InChI=1S/C14H15NO/c1-16-13-9-10-5-2-3-6-11(10)14-12(13)7-4-8-15-14/h2-3,5-6,9,15H,4,7-8H2,1H3. The molecular weight excluding hydrogens is 198 g/mol. The molecule has 16 heavy (non-hydrogen) atoms. The van der Waals surface area contributed by atoms with Gasteiger partial charge in [-0.1, -0.05) is 24.3 Å². The van der Waals surface area contributed by atoms with E-state index in [4.69, 9.17) is 4.74 Å².